The Morgan fingerprint density at radius 3 is 2.88 bits per heavy atom. The normalized spacial score (nSPS) is 10.8. The van der Waals surface area contributed by atoms with Crippen LogP contribution in [0.5, 0.6) is 10.9 Å². The number of hydrogen-bond donors (Lipinski definition) is 0. The third-order valence-electron chi connectivity index (χ3n) is 3.10. The van der Waals surface area contributed by atoms with E-state index in [9.17, 15) is 10.1 Å². The van der Waals surface area contributed by atoms with E-state index in [1.165, 1.54) is 23.6 Å². The lowest BCUT2D eigenvalue weighted by atomic mass is 10.2. The van der Waals surface area contributed by atoms with Gasteiger partial charge in [-0.25, -0.2) is 9.50 Å². The highest BCUT2D eigenvalue weighted by atomic mass is 32.1. The zero-order valence-electron chi connectivity index (χ0n) is 11.9. The largest absolute Gasteiger partial charge is 0.421 e. The molecule has 0 unspecified atom stereocenters. The number of ether oxygens (including phenoxy) is 1. The van der Waals surface area contributed by atoms with Crippen LogP contribution in [-0.4, -0.2) is 29.5 Å². The average molecular weight is 340 g/mol. The molecule has 10 heteroatoms. The minimum atomic E-state index is -0.603. The molecule has 118 valence electrons. The molecular formula is C14H8N6O3S. The molecule has 0 radical (unpaired) electrons. The Hall–Kier alpha value is -3.40. The van der Waals surface area contributed by atoms with E-state index in [2.05, 4.69) is 20.1 Å². The van der Waals surface area contributed by atoms with Crippen LogP contribution < -0.4 is 4.74 Å². The van der Waals surface area contributed by atoms with Gasteiger partial charge in [-0.15, -0.1) is 5.10 Å². The zero-order valence-corrected chi connectivity index (χ0v) is 12.8. The second kappa shape index (κ2) is 5.66. The van der Waals surface area contributed by atoms with Crippen LogP contribution in [0.25, 0.3) is 16.2 Å². The van der Waals surface area contributed by atoms with Crippen LogP contribution >= 0.6 is 11.3 Å². The molecule has 0 spiro atoms. The van der Waals surface area contributed by atoms with E-state index in [0.29, 0.717) is 4.96 Å². The highest BCUT2D eigenvalue weighted by Crippen LogP contribution is 2.32. The molecule has 0 N–H and O–H groups in total. The monoisotopic (exact) mass is 340 g/mol. The first-order valence-electron chi connectivity index (χ1n) is 6.74. The van der Waals surface area contributed by atoms with Gasteiger partial charge in [0.1, 0.15) is 6.20 Å². The van der Waals surface area contributed by atoms with Crippen LogP contribution in [-0.2, 0) is 0 Å². The molecule has 0 aromatic carbocycles. The van der Waals surface area contributed by atoms with Crippen LogP contribution in [0.1, 0.15) is 0 Å². The molecule has 0 aliphatic rings. The smallest absolute Gasteiger partial charge is 0.406 e. The van der Waals surface area contributed by atoms with Gasteiger partial charge in [0.25, 0.3) is 5.19 Å². The molecule has 4 heterocycles. The molecular weight excluding hydrogens is 332 g/mol. The second-order valence-corrected chi connectivity index (χ2v) is 5.57. The van der Waals surface area contributed by atoms with E-state index >= 15 is 0 Å². The topological polar surface area (TPSA) is 108 Å². The number of aromatic nitrogens is 5. The molecule has 4 aromatic heterocycles. The Kier molecular flexibility index (Phi) is 3.35. The number of fused-ring (bicyclic) bond motifs is 1. The summed E-state index contributed by atoms with van der Waals surface area (Å²) in [6.45, 7) is 0. The summed E-state index contributed by atoms with van der Waals surface area (Å²) in [4.78, 5) is 23.2. The van der Waals surface area contributed by atoms with E-state index in [-0.39, 0.29) is 16.8 Å². The summed E-state index contributed by atoms with van der Waals surface area (Å²) in [5, 5.41) is 15.4. The van der Waals surface area contributed by atoms with Gasteiger partial charge >= 0.3 is 5.82 Å². The lowest BCUT2D eigenvalue weighted by Crippen LogP contribution is -1.95. The standard InChI is InChI=1S/C14H8N6O3S/c21-20(22)12-11(4-2-6-16-12)23-14-18-19-8-10(17-13(19)24-14)9-3-1-5-15-7-9/h1-8H. The number of hydrogen-bond acceptors (Lipinski definition) is 8. The van der Waals surface area contributed by atoms with Gasteiger partial charge < -0.3 is 14.9 Å². The maximum atomic E-state index is 11.0. The number of imidazole rings is 1. The minimum absolute atomic E-state index is 0.0342. The van der Waals surface area contributed by atoms with Crippen molar-refractivity contribution in [3.8, 4) is 22.2 Å². The maximum absolute atomic E-state index is 11.0. The average Bonchev–Trinajstić information content (AvgIpc) is 3.14. The van der Waals surface area contributed by atoms with Gasteiger partial charge in [-0.3, -0.25) is 4.98 Å². The Morgan fingerprint density at radius 2 is 2.12 bits per heavy atom. The van der Waals surface area contributed by atoms with Crippen molar-refractivity contribution in [2.45, 2.75) is 0 Å². The molecule has 9 nitrogen and oxygen atoms in total. The van der Waals surface area contributed by atoms with E-state index in [4.69, 9.17) is 4.74 Å². The third-order valence-corrected chi connectivity index (χ3v) is 3.90. The van der Waals surface area contributed by atoms with E-state index in [0.717, 1.165) is 11.3 Å². The summed E-state index contributed by atoms with van der Waals surface area (Å²) in [7, 11) is 0. The van der Waals surface area contributed by atoms with Gasteiger partial charge in [-0.05, 0) is 45.5 Å². The van der Waals surface area contributed by atoms with Crippen molar-refractivity contribution >= 4 is 22.1 Å². The summed E-state index contributed by atoms with van der Waals surface area (Å²) in [5.74, 6) is -0.326. The first kappa shape index (κ1) is 14.2. The molecule has 0 fully saturated rings. The van der Waals surface area contributed by atoms with Crippen molar-refractivity contribution in [2.24, 2.45) is 0 Å². The Balaban J connectivity index is 1.65. The lowest BCUT2D eigenvalue weighted by Gasteiger charge is -2.00. The molecule has 4 rings (SSSR count). The summed E-state index contributed by atoms with van der Waals surface area (Å²) >= 11 is 1.18. The van der Waals surface area contributed by atoms with E-state index in [1.54, 1.807) is 29.2 Å². The van der Waals surface area contributed by atoms with Crippen LogP contribution in [0.2, 0.25) is 0 Å². The van der Waals surface area contributed by atoms with Gasteiger partial charge in [-0.1, -0.05) is 0 Å². The number of rotatable bonds is 4. The number of nitro groups is 1. The van der Waals surface area contributed by atoms with Crippen molar-refractivity contribution in [3.05, 3.63) is 59.2 Å². The fourth-order valence-corrected chi connectivity index (χ4v) is 2.82. The maximum Gasteiger partial charge on any atom is 0.406 e. The van der Waals surface area contributed by atoms with Crippen molar-refractivity contribution in [1.82, 2.24) is 24.6 Å². The van der Waals surface area contributed by atoms with E-state index in [1.807, 2.05) is 12.1 Å². The summed E-state index contributed by atoms with van der Waals surface area (Å²) in [6, 6.07) is 6.75. The van der Waals surface area contributed by atoms with Crippen molar-refractivity contribution in [1.29, 1.82) is 0 Å². The summed E-state index contributed by atoms with van der Waals surface area (Å²) < 4.78 is 7.05. The third kappa shape index (κ3) is 2.54. The van der Waals surface area contributed by atoms with Crippen LogP contribution in [0.3, 0.4) is 0 Å². The first-order chi connectivity index (χ1) is 11.7. The predicted molar refractivity (Wildman–Crippen MR) is 85.1 cm³/mol. The van der Waals surface area contributed by atoms with Gasteiger partial charge in [0.05, 0.1) is 11.9 Å². The molecule has 0 amide bonds. The minimum Gasteiger partial charge on any atom is -0.421 e. The Morgan fingerprint density at radius 1 is 1.25 bits per heavy atom. The fourth-order valence-electron chi connectivity index (χ4n) is 2.07. The SMILES string of the molecule is O=[N+]([O-])c1ncccc1Oc1nn2cc(-c3cccnc3)nc2s1. The highest BCUT2D eigenvalue weighted by Gasteiger charge is 2.19. The molecule has 0 saturated heterocycles. The van der Waals surface area contributed by atoms with Gasteiger partial charge in [-0.2, -0.15) is 0 Å². The summed E-state index contributed by atoms with van der Waals surface area (Å²) in [6.07, 6.45) is 6.48. The van der Waals surface area contributed by atoms with Crippen LogP contribution in [0, 0.1) is 10.1 Å². The molecule has 24 heavy (non-hydrogen) atoms. The molecule has 0 atom stereocenters. The van der Waals surface area contributed by atoms with Gasteiger partial charge in [0.2, 0.25) is 10.7 Å². The van der Waals surface area contributed by atoms with Crippen molar-refractivity contribution in [2.75, 3.05) is 0 Å². The number of pyridine rings is 2. The van der Waals surface area contributed by atoms with Crippen LogP contribution in [0.4, 0.5) is 5.82 Å². The van der Waals surface area contributed by atoms with Crippen molar-refractivity contribution < 1.29 is 9.66 Å². The van der Waals surface area contributed by atoms with E-state index < -0.39 is 4.92 Å². The molecule has 0 aliphatic carbocycles. The predicted octanol–water partition coefficient (Wildman–Crippen LogP) is 2.95. The van der Waals surface area contributed by atoms with Gasteiger partial charge in [0, 0.05) is 18.0 Å². The summed E-state index contributed by atoms with van der Waals surface area (Å²) in [5.41, 5.74) is 1.61. The first-order valence-corrected chi connectivity index (χ1v) is 7.56. The fraction of sp³-hybridized carbons (Fsp3) is 0. The van der Waals surface area contributed by atoms with Crippen LogP contribution in [0.15, 0.2) is 49.1 Å². The Labute approximate surface area is 138 Å². The second-order valence-electron chi connectivity index (χ2n) is 4.65. The molecule has 0 aliphatic heterocycles. The lowest BCUT2D eigenvalue weighted by molar-refractivity contribution is -0.390. The quantitative estimate of drug-likeness (QED) is 0.415. The van der Waals surface area contributed by atoms with Gasteiger partial charge in [0.15, 0.2) is 0 Å². The number of nitrogens with zero attached hydrogens (tertiary/aromatic N) is 6. The Bertz CT molecular complexity index is 998. The van der Waals surface area contributed by atoms with Crippen molar-refractivity contribution in [3.63, 3.8) is 0 Å². The molecule has 0 bridgehead atoms. The molecule has 4 aromatic rings. The molecule has 0 saturated carbocycles. The highest BCUT2D eigenvalue weighted by molar-refractivity contribution is 7.18. The zero-order chi connectivity index (χ0) is 16.5.